The predicted molar refractivity (Wildman–Crippen MR) is 117 cm³/mol. The Morgan fingerprint density at radius 1 is 1.17 bits per heavy atom. The Hall–Kier alpha value is -3.50. The highest BCUT2D eigenvalue weighted by molar-refractivity contribution is 7.73. The van der Waals surface area contributed by atoms with Crippen molar-refractivity contribution in [3.63, 3.8) is 0 Å². The molecule has 2 N–H and O–H groups in total. The fraction of sp³-hybridized carbons (Fsp3) is 0.100. The van der Waals surface area contributed by atoms with Gasteiger partial charge in [0.25, 0.3) is 11.5 Å². The number of ether oxygens (including phenoxy) is 2. The van der Waals surface area contributed by atoms with Gasteiger partial charge >= 0.3 is 5.97 Å². The fourth-order valence-electron chi connectivity index (χ4n) is 3.11. The first-order valence-electron chi connectivity index (χ1n) is 8.69. The number of aromatic nitrogens is 2. The molecule has 4 rings (SSSR count). The van der Waals surface area contributed by atoms with Crippen molar-refractivity contribution >= 4 is 57.7 Å². The van der Waals surface area contributed by atoms with Crippen molar-refractivity contribution in [3.8, 4) is 5.75 Å². The first-order valence-corrected chi connectivity index (χ1v) is 9.91. The third-order valence-corrected chi connectivity index (χ3v) is 5.88. The summed E-state index contributed by atoms with van der Waals surface area (Å²) >= 11 is 6.50. The third-order valence-electron chi connectivity index (χ3n) is 4.51. The van der Waals surface area contributed by atoms with Crippen LogP contribution in [-0.2, 0) is 4.74 Å². The number of hydrogen-bond acceptors (Lipinski definition) is 7. The zero-order chi connectivity index (χ0) is 21.4. The van der Waals surface area contributed by atoms with Crippen molar-refractivity contribution < 1.29 is 19.1 Å². The van der Waals surface area contributed by atoms with Crippen molar-refractivity contribution in [2.75, 3.05) is 19.5 Å². The predicted octanol–water partition coefficient (Wildman–Crippen LogP) is 3.62. The summed E-state index contributed by atoms with van der Waals surface area (Å²) in [5.41, 5.74) is 1.01. The van der Waals surface area contributed by atoms with Crippen molar-refractivity contribution in [2.24, 2.45) is 0 Å². The van der Waals surface area contributed by atoms with E-state index in [9.17, 15) is 14.4 Å². The van der Waals surface area contributed by atoms with E-state index in [2.05, 4.69) is 10.3 Å². The van der Waals surface area contributed by atoms with Crippen molar-refractivity contribution in [2.45, 2.75) is 0 Å². The molecule has 30 heavy (non-hydrogen) atoms. The molecular weight excluding hydrogens is 426 g/mol. The molecule has 0 aliphatic carbocycles. The summed E-state index contributed by atoms with van der Waals surface area (Å²) in [7, 11) is 2.78. The number of nitrogens with zero attached hydrogens (tertiary/aromatic N) is 1. The third kappa shape index (κ3) is 3.25. The summed E-state index contributed by atoms with van der Waals surface area (Å²) in [5.74, 6) is -0.488. The Bertz CT molecular complexity index is 1430. The lowest BCUT2D eigenvalue weighted by Crippen LogP contribution is -2.15. The topological polar surface area (TPSA) is 102 Å². The van der Waals surface area contributed by atoms with Crippen LogP contribution >= 0.6 is 23.6 Å². The number of carbonyl (C=O) groups is 2. The minimum absolute atomic E-state index is 0.230. The molecule has 0 unspecified atom stereocenters. The highest BCUT2D eigenvalue weighted by Gasteiger charge is 2.20. The molecule has 0 saturated heterocycles. The number of carbonyl (C=O) groups excluding carboxylic acids is 2. The quantitative estimate of drug-likeness (QED) is 0.371. The molecule has 2 aromatic heterocycles. The van der Waals surface area contributed by atoms with E-state index in [-0.39, 0.29) is 16.1 Å². The first-order chi connectivity index (χ1) is 14.4. The summed E-state index contributed by atoms with van der Waals surface area (Å²) in [4.78, 5) is 40.5. The first kappa shape index (κ1) is 19.8. The van der Waals surface area contributed by atoms with Gasteiger partial charge in [0.15, 0.2) is 3.95 Å². The van der Waals surface area contributed by atoms with Gasteiger partial charge in [-0.2, -0.15) is 0 Å². The monoisotopic (exact) mass is 441 g/mol. The van der Waals surface area contributed by atoms with E-state index in [0.29, 0.717) is 26.3 Å². The van der Waals surface area contributed by atoms with Crippen LogP contribution in [0.25, 0.3) is 16.6 Å². The highest BCUT2D eigenvalue weighted by Crippen LogP contribution is 2.27. The molecule has 2 heterocycles. The molecule has 8 nitrogen and oxygen atoms in total. The van der Waals surface area contributed by atoms with Crippen LogP contribution in [0.3, 0.4) is 0 Å². The zero-order valence-electron chi connectivity index (χ0n) is 15.8. The van der Waals surface area contributed by atoms with Gasteiger partial charge in [-0.05, 0) is 42.5 Å². The average Bonchev–Trinajstić information content (AvgIpc) is 3.09. The second kappa shape index (κ2) is 7.73. The van der Waals surface area contributed by atoms with Gasteiger partial charge < -0.3 is 19.8 Å². The molecule has 0 spiro atoms. The van der Waals surface area contributed by atoms with E-state index in [1.165, 1.54) is 32.4 Å². The number of methoxy groups -OCH3 is 2. The summed E-state index contributed by atoms with van der Waals surface area (Å²) in [6.45, 7) is 0. The van der Waals surface area contributed by atoms with Crippen LogP contribution in [0.2, 0.25) is 0 Å². The van der Waals surface area contributed by atoms with Gasteiger partial charge in [0.05, 0.1) is 36.4 Å². The van der Waals surface area contributed by atoms with Crippen LogP contribution in [0.15, 0.2) is 47.3 Å². The van der Waals surface area contributed by atoms with Crippen LogP contribution in [-0.4, -0.2) is 35.5 Å². The van der Waals surface area contributed by atoms with Crippen LogP contribution in [0.4, 0.5) is 5.69 Å². The van der Waals surface area contributed by atoms with Crippen LogP contribution in [0.1, 0.15) is 20.0 Å². The fourth-order valence-corrected chi connectivity index (χ4v) is 4.39. The maximum absolute atomic E-state index is 13.0. The number of amides is 1. The SMILES string of the molecule is COC(=O)c1ccc2c(=O)[nH]c3c(C(=O)Nc4ccccc4OC)sc(=S)n3c2c1. The number of para-hydroxylation sites is 2. The lowest BCUT2D eigenvalue weighted by molar-refractivity contribution is 0.0600. The Morgan fingerprint density at radius 3 is 2.67 bits per heavy atom. The number of fused-ring (bicyclic) bond motifs is 3. The second-order valence-corrected chi connectivity index (χ2v) is 7.86. The van der Waals surface area contributed by atoms with Gasteiger partial charge in [0.2, 0.25) is 0 Å². The van der Waals surface area contributed by atoms with Crippen LogP contribution in [0.5, 0.6) is 5.75 Å². The maximum atomic E-state index is 13.0. The lowest BCUT2D eigenvalue weighted by atomic mass is 10.1. The Labute approximate surface area is 178 Å². The number of aromatic amines is 1. The van der Waals surface area contributed by atoms with E-state index in [1.807, 2.05) is 0 Å². The summed E-state index contributed by atoms with van der Waals surface area (Å²) in [6, 6.07) is 11.5. The second-order valence-electron chi connectivity index (χ2n) is 6.21. The Morgan fingerprint density at radius 2 is 1.93 bits per heavy atom. The molecule has 152 valence electrons. The van der Waals surface area contributed by atoms with E-state index in [0.717, 1.165) is 11.3 Å². The minimum Gasteiger partial charge on any atom is -0.495 e. The minimum atomic E-state index is -0.541. The Kier molecular flexibility index (Phi) is 5.10. The van der Waals surface area contributed by atoms with Crippen molar-refractivity contribution in [1.82, 2.24) is 9.38 Å². The normalized spacial score (nSPS) is 10.9. The maximum Gasteiger partial charge on any atom is 0.337 e. The number of rotatable bonds is 4. The van der Waals surface area contributed by atoms with Gasteiger partial charge in [0, 0.05) is 0 Å². The van der Waals surface area contributed by atoms with Gasteiger partial charge in [-0.15, -0.1) is 0 Å². The van der Waals surface area contributed by atoms with Gasteiger partial charge in [-0.3, -0.25) is 14.0 Å². The van der Waals surface area contributed by atoms with Gasteiger partial charge in [-0.1, -0.05) is 23.5 Å². The van der Waals surface area contributed by atoms with E-state index >= 15 is 0 Å². The van der Waals surface area contributed by atoms with Gasteiger partial charge in [0.1, 0.15) is 16.3 Å². The molecule has 0 aliphatic heterocycles. The average molecular weight is 441 g/mol. The highest BCUT2D eigenvalue weighted by atomic mass is 32.1. The molecule has 2 aromatic carbocycles. The molecule has 10 heteroatoms. The largest absolute Gasteiger partial charge is 0.495 e. The summed E-state index contributed by atoms with van der Waals surface area (Å²) in [6.07, 6.45) is 0. The molecule has 0 saturated carbocycles. The molecule has 0 fully saturated rings. The number of anilines is 1. The van der Waals surface area contributed by atoms with Gasteiger partial charge in [-0.25, -0.2) is 4.79 Å². The van der Waals surface area contributed by atoms with Crippen LogP contribution < -0.4 is 15.6 Å². The van der Waals surface area contributed by atoms with Crippen LogP contribution in [0, 0.1) is 3.95 Å². The molecular formula is C20H15N3O5S2. The number of H-pyrrole nitrogens is 1. The molecule has 0 atom stereocenters. The summed E-state index contributed by atoms with van der Waals surface area (Å²) < 4.78 is 11.9. The lowest BCUT2D eigenvalue weighted by Gasteiger charge is -2.09. The molecule has 4 aromatic rings. The number of thiazole rings is 1. The number of benzene rings is 2. The van der Waals surface area contributed by atoms with E-state index in [4.69, 9.17) is 21.7 Å². The molecule has 0 radical (unpaired) electrons. The smallest absolute Gasteiger partial charge is 0.337 e. The molecule has 1 amide bonds. The standard InChI is InChI=1S/C20H15N3O5S2/c1-27-14-6-4-3-5-12(14)21-18(25)15-16-22-17(24)11-8-7-10(19(26)28-2)9-13(11)23(16)20(29)30-15/h3-9H,1-2H3,(H,21,25)(H,22,24). The van der Waals surface area contributed by atoms with E-state index in [1.54, 1.807) is 28.7 Å². The molecule has 0 bridgehead atoms. The van der Waals surface area contributed by atoms with Crippen molar-refractivity contribution in [1.29, 1.82) is 0 Å². The number of nitrogens with one attached hydrogen (secondary N) is 2. The number of esters is 1. The van der Waals surface area contributed by atoms with E-state index < -0.39 is 17.4 Å². The zero-order valence-corrected chi connectivity index (χ0v) is 17.5. The number of hydrogen-bond donors (Lipinski definition) is 2. The molecule has 0 aliphatic rings. The Balaban J connectivity index is 1.90. The summed E-state index contributed by atoms with van der Waals surface area (Å²) in [5, 5.41) is 3.11. The van der Waals surface area contributed by atoms with Crippen molar-refractivity contribution in [3.05, 3.63) is 67.2 Å².